The molecular formula is C17H27ClN2O4. The number of nitrogens with zero attached hydrogens (tertiary/aromatic N) is 2. The van der Waals surface area contributed by atoms with Gasteiger partial charge in [-0.1, -0.05) is 37.6 Å². The van der Waals surface area contributed by atoms with Crippen molar-refractivity contribution in [3.8, 4) is 0 Å². The second-order valence-electron chi connectivity index (χ2n) is 6.17. The molecular weight excluding hydrogens is 332 g/mol. The van der Waals surface area contributed by atoms with Gasteiger partial charge in [0, 0.05) is 20.6 Å². The van der Waals surface area contributed by atoms with Crippen molar-refractivity contribution in [2.45, 2.75) is 26.2 Å². The number of hydrogen-bond donors (Lipinski definition) is 0. The third kappa shape index (κ3) is 7.07. The van der Waals surface area contributed by atoms with Crippen LogP contribution in [-0.4, -0.2) is 44.5 Å². The van der Waals surface area contributed by atoms with Crippen LogP contribution in [0.15, 0.2) is 30.1 Å². The standard InChI is InChI=1S/C17H27ClN2O4/c1-6-7-8-14-9-11-15(12-10-14)16(13-19(2)3)17(20(4)5)24-18(21,22)23/h9-12H,6-8,13H2,1-5H3. The monoisotopic (exact) mass is 358 g/mol. The summed E-state index contributed by atoms with van der Waals surface area (Å²) < 4.78 is 37.9. The normalized spacial score (nSPS) is 13.0. The second kappa shape index (κ2) is 9.25. The van der Waals surface area contributed by atoms with Crippen LogP contribution in [0.5, 0.6) is 0 Å². The Labute approximate surface area is 146 Å². The fourth-order valence-corrected chi connectivity index (χ4v) is 2.74. The van der Waals surface area contributed by atoms with Gasteiger partial charge in [-0.05, 0) is 42.4 Å². The molecule has 1 rings (SSSR count). The van der Waals surface area contributed by atoms with Crippen LogP contribution in [0.25, 0.3) is 5.57 Å². The van der Waals surface area contributed by atoms with Gasteiger partial charge in [0.25, 0.3) is 0 Å². The molecule has 1 aromatic rings. The summed E-state index contributed by atoms with van der Waals surface area (Å²) in [5.41, 5.74) is 2.69. The molecule has 0 unspecified atom stereocenters. The smallest absolute Gasteiger partial charge is 0.335 e. The molecule has 0 aliphatic heterocycles. The lowest BCUT2D eigenvalue weighted by atomic mass is 10.0. The molecule has 0 atom stereocenters. The largest absolute Gasteiger partial charge is 0.362 e. The molecule has 1 aromatic carbocycles. The van der Waals surface area contributed by atoms with Crippen LogP contribution >= 0.6 is 0 Å². The first kappa shape index (κ1) is 20.7. The van der Waals surface area contributed by atoms with Gasteiger partial charge in [-0.3, -0.25) is 0 Å². The van der Waals surface area contributed by atoms with Gasteiger partial charge in [-0.25, -0.2) is 0 Å². The number of rotatable bonds is 9. The predicted molar refractivity (Wildman–Crippen MR) is 85.3 cm³/mol. The number of benzene rings is 1. The van der Waals surface area contributed by atoms with E-state index in [2.05, 4.69) is 11.2 Å². The van der Waals surface area contributed by atoms with Gasteiger partial charge in [-0.2, -0.15) is 14.0 Å². The van der Waals surface area contributed by atoms with Crippen LogP contribution in [0.4, 0.5) is 0 Å². The molecule has 7 heteroatoms. The fourth-order valence-electron chi connectivity index (χ4n) is 2.33. The Hall–Kier alpha value is -1.31. The van der Waals surface area contributed by atoms with Crippen LogP contribution in [0.2, 0.25) is 0 Å². The summed E-state index contributed by atoms with van der Waals surface area (Å²) in [6.45, 7) is 2.59. The lowest BCUT2D eigenvalue weighted by Crippen LogP contribution is -2.61. The van der Waals surface area contributed by atoms with Crippen LogP contribution < -0.4 is 14.0 Å². The molecule has 0 radical (unpaired) electrons. The molecule has 6 nitrogen and oxygen atoms in total. The van der Waals surface area contributed by atoms with Crippen LogP contribution in [0, 0.1) is 10.2 Å². The summed E-state index contributed by atoms with van der Waals surface area (Å²) >= 11 is 0. The van der Waals surface area contributed by atoms with Crippen LogP contribution in [0.1, 0.15) is 30.9 Å². The van der Waals surface area contributed by atoms with Crippen molar-refractivity contribution in [2.75, 3.05) is 34.7 Å². The van der Waals surface area contributed by atoms with Crippen molar-refractivity contribution in [1.82, 2.24) is 9.80 Å². The summed E-state index contributed by atoms with van der Waals surface area (Å²) in [6, 6.07) is 7.92. The molecule has 0 N–H and O–H groups in total. The lowest BCUT2D eigenvalue weighted by Gasteiger charge is -2.22. The van der Waals surface area contributed by atoms with Gasteiger partial charge >= 0.3 is 5.88 Å². The van der Waals surface area contributed by atoms with Gasteiger partial charge in [0.2, 0.25) is 0 Å². The Morgan fingerprint density at radius 1 is 1.04 bits per heavy atom. The highest BCUT2D eigenvalue weighted by molar-refractivity contribution is 5.68. The van der Waals surface area contributed by atoms with Crippen molar-refractivity contribution in [2.24, 2.45) is 0 Å². The number of aryl methyl sites for hydroxylation is 1. The Kier molecular flexibility index (Phi) is 7.99. The Bertz CT molecular complexity index is 537. The first-order valence-electron chi connectivity index (χ1n) is 7.89. The zero-order chi connectivity index (χ0) is 18.3. The zero-order valence-electron chi connectivity index (χ0n) is 15.0. The van der Waals surface area contributed by atoms with Gasteiger partial charge in [-0.15, -0.1) is 0 Å². The molecule has 0 aliphatic carbocycles. The van der Waals surface area contributed by atoms with Crippen molar-refractivity contribution in [3.05, 3.63) is 41.3 Å². The molecule has 0 saturated heterocycles. The van der Waals surface area contributed by atoms with E-state index < -0.39 is 10.2 Å². The first-order valence-corrected chi connectivity index (χ1v) is 9.12. The van der Waals surface area contributed by atoms with E-state index in [4.69, 9.17) is 0 Å². The van der Waals surface area contributed by atoms with E-state index in [1.807, 2.05) is 43.3 Å². The maximum atomic E-state index is 11.1. The summed E-state index contributed by atoms with van der Waals surface area (Å²) in [6.07, 6.45) is 3.26. The molecule has 0 heterocycles. The molecule has 0 fully saturated rings. The molecule has 0 aliphatic rings. The second-order valence-corrected chi connectivity index (χ2v) is 7.08. The number of halogens is 1. The van der Waals surface area contributed by atoms with Gasteiger partial charge in [0.15, 0.2) is 0 Å². The number of unbranched alkanes of at least 4 members (excludes halogenated alkanes) is 1. The van der Waals surface area contributed by atoms with Crippen LogP contribution in [-0.2, 0) is 10.7 Å². The van der Waals surface area contributed by atoms with Crippen molar-refractivity contribution in [1.29, 1.82) is 0 Å². The fraction of sp³-hybridized carbons (Fsp3) is 0.529. The Balaban J connectivity index is 3.24. The summed E-state index contributed by atoms with van der Waals surface area (Å²) in [5.74, 6) is 0.0293. The number of hydrogen-bond acceptors (Lipinski definition) is 6. The molecule has 136 valence electrons. The Morgan fingerprint density at radius 3 is 2.04 bits per heavy atom. The minimum absolute atomic E-state index is 0.0293. The Morgan fingerprint density at radius 2 is 1.62 bits per heavy atom. The van der Waals surface area contributed by atoms with Gasteiger partial charge in [0.05, 0.1) is 5.57 Å². The predicted octanol–water partition coefficient (Wildman–Crippen LogP) is -0.265. The maximum Gasteiger partial charge on any atom is 0.362 e. The van der Waals surface area contributed by atoms with E-state index in [1.165, 1.54) is 10.5 Å². The summed E-state index contributed by atoms with van der Waals surface area (Å²) in [5, 5.41) is 0. The third-order valence-corrected chi connectivity index (χ3v) is 3.76. The minimum atomic E-state index is -4.55. The summed E-state index contributed by atoms with van der Waals surface area (Å²) in [4.78, 5) is 3.38. The van der Waals surface area contributed by atoms with Crippen LogP contribution in [0.3, 0.4) is 0 Å². The highest BCUT2D eigenvalue weighted by atomic mass is 35.7. The van der Waals surface area contributed by atoms with E-state index >= 15 is 0 Å². The van der Waals surface area contributed by atoms with Crippen molar-refractivity contribution >= 4 is 5.57 Å². The topological polar surface area (TPSA) is 84.9 Å². The quantitative estimate of drug-likeness (QED) is 0.565. The molecule has 0 spiro atoms. The average molecular weight is 359 g/mol. The van der Waals surface area contributed by atoms with Gasteiger partial charge in [0.1, 0.15) is 10.2 Å². The van der Waals surface area contributed by atoms with Crippen molar-refractivity contribution in [3.63, 3.8) is 0 Å². The zero-order valence-corrected chi connectivity index (χ0v) is 15.8. The highest BCUT2D eigenvalue weighted by Gasteiger charge is 2.28. The highest BCUT2D eigenvalue weighted by Crippen LogP contribution is 2.24. The maximum absolute atomic E-state index is 11.1. The lowest BCUT2D eigenvalue weighted by molar-refractivity contribution is -1.92. The molecule has 0 amide bonds. The molecule has 24 heavy (non-hydrogen) atoms. The molecule has 0 aromatic heterocycles. The average Bonchev–Trinajstić information content (AvgIpc) is 2.48. The third-order valence-electron chi connectivity index (χ3n) is 3.43. The minimum Gasteiger partial charge on any atom is -0.335 e. The molecule has 0 bridgehead atoms. The van der Waals surface area contributed by atoms with E-state index in [0.717, 1.165) is 24.8 Å². The SMILES string of the molecule is CCCCc1ccc(C(CN(C)C)=C(O[Cl+3]([O-])([O-])[O-])N(C)C)cc1. The number of likely N-dealkylation sites (N-methyl/N-ethyl adjacent to an activating group) is 1. The molecule has 0 saturated carbocycles. The van der Waals surface area contributed by atoms with E-state index in [0.29, 0.717) is 12.1 Å². The van der Waals surface area contributed by atoms with E-state index in [1.54, 1.807) is 14.1 Å². The first-order chi connectivity index (χ1) is 11.1. The van der Waals surface area contributed by atoms with E-state index in [9.17, 15) is 14.0 Å². The summed E-state index contributed by atoms with van der Waals surface area (Å²) in [7, 11) is 2.46. The van der Waals surface area contributed by atoms with E-state index in [-0.39, 0.29) is 5.88 Å². The van der Waals surface area contributed by atoms with Gasteiger partial charge < -0.3 is 9.80 Å². The van der Waals surface area contributed by atoms with Crippen molar-refractivity contribution < 1.29 is 28.5 Å².